The lowest BCUT2D eigenvalue weighted by atomic mass is 10.2. The van der Waals surface area contributed by atoms with Gasteiger partial charge in [0.2, 0.25) is 0 Å². The fraction of sp³-hybridized carbons (Fsp3) is 0.192. The maximum atomic E-state index is 10.3. The van der Waals surface area contributed by atoms with Crippen molar-refractivity contribution in [2.75, 3.05) is 20.3 Å². The van der Waals surface area contributed by atoms with Gasteiger partial charge in [0, 0.05) is 16.7 Å². The number of methoxy groups -OCH3 is 1. The summed E-state index contributed by atoms with van der Waals surface area (Å²) in [6, 6.07) is 13.4. The van der Waals surface area contributed by atoms with E-state index in [0.717, 1.165) is 0 Å². The molecule has 0 amide bonds. The Bertz CT molecular complexity index is 1050. The van der Waals surface area contributed by atoms with Crippen LogP contribution in [0.5, 0.6) is 34.5 Å². The second-order valence-corrected chi connectivity index (χ2v) is 6.61. The van der Waals surface area contributed by atoms with Gasteiger partial charge in [0.25, 0.3) is 0 Å². The molecule has 0 fully saturated rings. The molecule has 0 bridgehead atoms. The molecule has 0 atom stereocenters. The molecule has 3 aromatic carbocycles. The Labute approximate surface area is 203 Å². The predicted molar refractivity (Wildman–Crippen MR) is 129 cm³/mol. The van der Waals surface area contributed by atoms with Gasteiger partial charge in [0.1, 0.15) is 18.9 Å². The van der Waals surface area contributed by atoms with Gasteiger partial charge in [0.15, 0.2) is 34.5 Å². The SMILES string of the molecule is CCOc1cc(C=O)ccc1O.CCOc1cc(C=O)ccc1O.COc1cc(C=O)ccc1O. The Balaban J connectivity index is 0.000000263. The number of phenolic OH excluding ortho intramolecular Hbond substituents is 3. The van der Waals surface area contributed by atoms with E-state index in [1.54, 1.807) is 0 Å². The van der Waals surface area contributed by atoms with Crippen LogP contribution >= 0.6 is 0 Å². The summed E-state index contributed by atoms with van der Waals surface area (Å²) in [5.74, 6) is 1.17. The summed E-state index contributed by atoms with van der Waals surface area (Å²) in [6.45, 7) is 4.56. The standard InChI is InChI=1S/2C9H10O3.C8H8O3/c2*1-2-12-9-5-7(6-10)3-4-8(9)11;1-11-8-4-6(5-9)2-3-7(8)10/h2*3-6,11H,2H2,1H3;2-5,10H,1H3. The van der Waals surface area contributed by atoms with Gasteiger partial charge in [-0.05, 0) is 68.4 Å². The highest BCUT2D eigenvalue weighted by atomic mass is 16.5. The highest BCUT2D eigenvalue weighted by Gasteiger charge is 2.03. The van der Waals surface area contributed by atoms with Crippen LogP contribution in [0.15, 0.2) is 54.6 Å². The lowest BCUT2D eigenvalue weighted by Crippen LogP contribution is -1.92. The van der Waals surface area contributed by atoms with Crippen molar-refractivity contribution in [2.45, 2.75) is 13.8 Å². The molecule has 3 N–H and O–H groups in total. The normalized spacial score (nSPS) is 9.34. The highest BCUT2D eigenvalue weighted by molar-refractivity contribution is 5.77. The van der Waals surface area contributed by atoms with E-state index in [0.29, 0.717) is 66.0 Å². The van der Waals surface area contributed by atoms with Gasteiger partial charge in [-0.3, -0.25) is 14.4 Å². The Morgan fingerprint density at radius 3 is 1.20 bits per heavy atom. The topological polar surface area (TPSA) is 140 Å². The van der Waals surface area contributed by atoms with Crippen molar-refractivity contribution >= 4 is 18.9 Å². The number of ether oxygens (including phenoxy) is 3. The van der Waals surface area contributed by atoms with Crippen LogP contribution in [-0.2, 0) is 0 Å². The number of benzene rings is 3. The zero-order valence-corrected chi connectivity index (χ0v) is 19.6. The van der Waals surface area contributed by atoms with Gasteiger partial charge >= 0.3 is 0 Å². The fourth-order valence-electron chi connectivity index (χ4n) is 2.52. The minimum atomic E-state index is 0.0399. The summed E-state index contributed by atoms with van der Waals surface area (Å²) >= 11 is 0. The first-order valence-electron chi connectivity index (χ1n) is 10.5. The van der Waals surface area contributed by atoms with Gasteiger partial charge in [0.05, 0.1) is 20.3 Å². The van der Waals surface area contributed by atoms with Gasteiger partial charge in [-0.25, -0.2) is 0 Å². The molecule has 0 heterocycles. The van der Waals surface area contributed by atoms with E-state index < -0.39 is 0 Å². The smallest absolute Gasteiger partial charge is 0.161 e. The molecule has 0 spiro atoms. The average molecular weight is 485 g/mol. The predicted octanol–water partition coefficient (Wildman–Crippen LogP) is 4.42. The summed E-state index contributed by atoms with van der Waals surface area (Å²) in [5, 5.41) is 27.5. The molecule has 3 rings (SSSR count). The van der Waals surface area contributed by atoms with E-state index in [4.69, 9.17) is 19.3 Å². The van der Waals surface area contributed by atoms with Gasteiger partial charge < -0.3 is 29.5 Å². The van der Waals surface area contributed by atoms with Gasteiger partial charge in [-0.2, -0.15) is 0 Å². The molecule has 9 heteroatoms. The maximum Gasteiger partial charge on any atom is 0.161 e. The first kappa shape index (κ1) is 28.5. The van der Waals surface area contributed by atoms with Crippen LogP contribution in [0.25, 0.3) is 0 Å². The summed E-state index contributed by atoms with van der Waals surface area (Å²) in [6.07, 6.45) is 2.12. The number of rotatable bonds is 8. The summed E-state index contributed by atoms with van der Waals surface area (Å²) in [7, 11) is 1.43. The number of carbonyl (C=O) groups is 3. The van der Waals surface area contributed by atoms with Crippen molar-refractivity contribution < 1.29 is 43.9 Å². The van der Waals surface area contributed by atoms with E-state index in [9.17, 15) is 24.6 Å². The van der Waals surface area contributed by atoms with Crippen LogP contribution in [-0.4, -0.2) is 54.5 Å². The van der Waals surface area contributed by atoms with Crippen LogP contribution in [0.2, 0.25) is 0 Å². The molecule has 0 saturated heterocycles. The quantitative estimate of drug-likeness (QED) is 0.396. The monoisotopic (exact) mass is 484 g/mol. The molecule has 0 aliphatic heterocycles. The molecule has 35 heavy (non-hydrogen) atoms. The minimum Gasteiger partial charge on any atom is -0.504 e. The molecular weight excluding hydrogens is 456 g/mol. The molecular formula is C26H28O9. The number of aromatic hydroxyl groups is 3. The average Bonchev–Trinajstić information content (AvgIpc) is 2.88. The lowest BCUT2D eigenvalue weighted by molar-refractivity contribution is 0.111. The Morgan fingerprint density at radius 1 is 0.600 bits per heavy atom. The molecule has 9 nitrogen and oxygen atoms in total. The van der Waals surface area contributed by atoms with E-state index in [-0.39, 0.29) is 17.2 Å². The largest absolute Gasteiger partial charge is 0.504 e. The third-order valence-electron chi connectivity index (χ3n) is 4.18. The van der Waals surface area contributed by atoms with Crippen LogP contribution in [0.3, 0.4) is 0 Å². The van der Waals surface area contributed by atoms with Crippen molar-refractivity contribution in [3.8, 4) is 34.5 Å². The molecule has 0 aromatic heterocycles. The number of carbonyl (C=O) groups excluding carboxylic acids is 3. The number of aldehydes is 3. The lowest BCUT2D eigenvalue weighted by Gasteiger charge is -2.04. The summed E-state index contributed by atoms with van der Waals surface area (Å²) < 4.78 is 14.9. The third-order valence-corrected chi connectivity index (χ3v) is 4.18. The Hall–Kier alpha value is -4.53. The molecule has 0 radical (unpaired) electrons. The number of hydrogen-bond donors (Lipinski definition) is 3. The fourth-order valence-corrected chi connectivity index (χ4v) is 2.52. The van der Waals surface area contributed by atoms with E-state index >= 15 is 0 Å². The maximum absolute atomic E-state index is 10.3. The Kier molecular flexibility index (Phi) is 12.5. The zero-order chi connectivity index (χ0) is 26.2. The van der Waals surface area contributed by atoms with E-state index in [1.165, 1.54) is 61.7 Å². The first-order chi connectivity index (χ1) is 16.8. The molecule has 0 unspecified atom stereocenters. The Morgan fingerprint density at radius 2 is 0.914 bits per heavy atom. The molecule has 0 aliphatic carbocycles. The zero-order valence-electron chi connectivity index (χ0n) is 19.6. The van der Waals surface area contributed by atoms with E-state index in [2.05, 4.69) is 0 Å². The number of hydrogen-bond acceptors (Lipinski definition) is 9. The van der Waals surface area contributed by atoms with Crippen molar-refractivity contribution in [3.63, 3.8) is 0 Å². The van der Waals surface area contributed by atoms with Crippen LogP contribution in [0.4, 0.5) is 0 Å². The van der Waals surface area contributed by atoms with Crippen molar-refractivity contribution in [2.24, 2.45) is 0 Å². The molecule has 3 aromatic rings. The van der Waals surface area contributed by atoms with Crippen LogP contribution in [0.1, 0.15) is 44.9 Å². The first-order valence-corrected chi connectivity index (χ1v) is 10.5. The van der Waals surface area contributed by atoms with Gasteiger partial charge in [-0.15, -0.1) is 0 Å². The van der Waals surface area contributed by atoms with Crippen molar-refractivity contribution in [3.05, 3.63) is 71.3 Å². The molecule has 0 aliphatic rings. The van der Waals surface area contributed by atoms with Gasteiger partial charge in [-0.1, -0.05) is 0 Å². The molecule has 186 valence electrons. The highest BCUT2D eigenvalue weighted by Crippen LogP contribution is 2.27. The van der Waals surface area contributed by atoms with Crippen LogP contribution < -0.4 is 14.2 Å². The van der Waals surface area contributed by atoms with Crippen molar-refractivity contribution in [1.29, 1.82) is 0 Å². The van der Waals surface area contributed by atoms with E-state index in [1.807, 2.05) is 13.8 Å². The number of phenols is 3. The molecule has 0 saturated carbocycles. The third kappa shape index (κ3) is 9.47. The second-order valence-electron chi connectivity index (χ2n) is 6.61. The van der Waals surface area contributed by atoms with Crippen LogP contribution in [0, 0.1) is 0 Å². The van der Waals surface area contributed by atoms with Crippen molar-refractivity contribution in [1.82, 2.24) is 0 Å². The minimum absolute atomic E-state index is 0.0399. The second kappa shape index (κ2) is 15.3. The summed E-state index contributed by atoms with van der Waals surface area (Å²) in [4.78, 5) is 30.9. The summed E-state index contributed by atoms with van der Waals surface area (Å²) in [5.41, 5.74) is 1.48.